The lowest BCUT2D eigenvalue weighted by Crippen LogP contribution is -2.12. The van der Waals surface area contributed by atoms with E-state index in [0.29, 0.717) is 6.04 Å². The van der Waals surface area contributed by atoms with E-state index in [1.807, 2.05) is 13.8 Å². The molecule has 0 aromatic heterocycles. The minimum absolute atomic E-state index is 0.617. The molecule has 1 unspecified atom stereocenters. The first-order valence-corrected chi connectivity index (χ1v) is 6.22. The Hall–Kier alpha value is -0.820. The van der Waals surface area contributed by atoms with E-state index < -0.39 is 0 Å². The average molecular weight is 205 g/mol. The fourth-order valence-corrected chi connectivity index (χ4v) is 2.00. The third-order valence-electron chi connectivity index (χ3n) is 2.82. The van der Waals surface area contributed by atoms with Crippen LogP contribution in [0.5, 0.6) is 0 Å². The lowest BCUT2D eigenvalue weighted by atomic mass is 10.0. The van der Waals surface area contributed by atoms with Crippen LogP contribution in [0.2, 0.25) is 0 Å². The first kappa shape index (κ1) is 12.3. The SMILES string of the molecule is CC.CCc1cccc(C2CCCN2)c1. The Kier molecular flexibility index (Phi) is 5.41. The van der Waals surface area contributed by atoms with Crippen LogP contribution >= 0.6 is 0 Å². The highest BCUT2D eigenvalue weighted by atomic mass is 14.9. The Morgan fingerprint density at radius 2 is 2.13 bits per heavy atom. The summed E-state index contributed by atoms with van der Waals surface area (Å²) in [5.74, 6) is 0. The van der Waals surface area contributed by atoms with E-state index in [1.165, 1.54) is 30.5 Å². The van der Waals surface area contributed by atoms with E-state index in [0.717, 1.165) is 6.42 Å². The Morgan fingerprint density at radius 3 is 2.73 bits per heavy atom. The highest BCUT2D eigenvalue weighted by molar-refractivity contribution is 5.26. The number of rotatable bonds is 2. The topological polar surface area (TPSA) is 12.0 Å². The molecule has 1 aromatic carbocycles. The predicted octanol–water partition coefficient (Wildman–Crippen LogP) is 3.70. The highest BCUT2D eigenvalue weighted by Gasteiger charge is 2.15. The molecule has 1 aliphatic heterocycles. The van der Waals surface area contributed by atoms with Gasteiger partial charge < -0.3 is 5.32 Å². The molecule has 0 amide bonds. The van der Waals surface area contributed by atoms with Crippen molar-refractivity contribution in [3.8, 4) is 0 Å². The van der Waals surface area contributed by atoms with E-state index in [9.17, 15) is 0 Å². The summed E-state index contributed by atoms with van der Waals surface area (Å²) < 4.78 is 0. The second-order valence-corrected chi connectivity index (χ2v) is 3.75. The molecule has 1 atom stereocenters. The van der Waals surface area contributed by atoms with Gasteiger partial charge in [0.15, 0.2) is 0 Å². The normalized spacial score (nSPS) is 19.5. The van der Waals surface area contributed by atoms with Crippen molar-refractivity contribution in [1.82, 2.24) is 5.32 Å². The van der Waals surface area contributed by atoms with Crippen molar-refractivity contribution in [2.45, 2.75) is 46.1 Å². The van der Waals surface area contributed by atoms with Crippen LogP contribution in [0.15, 0.2) is 24.3 Å². The quantitative estimate of drug-likeness (QED) is 0.776. The molecule has 1 aromatic rings. The van der Waals surface area contributed by atoms with Crippen LogP contribution in [0.1, 0.15) is 50.8 Å². The van der Waals surface area contributed by atoms with Gasteiger partial charge in [-0.15, -0.1) is 0 Å². The van der Waals surface area contributed by atoms with E-state index >= 15 is 0 Å². The van der Waals surface area contributed by atoms with Crippen molar-refractivity contribution in [3.05, 3.63) is 35.4 Å². The Morgan fingerprint density at radius 1 is 1.33 bits per heavy atom. The molecule has 1 fully saturated rings. The molecule has 0 spiro atoms. The van der Waals surface area contributed by atoms with Crippen molar-refractivity contribution in [3.63, 3.8) is 0 Å². The van der Waals surface area contributed by atoms with Gasteiger partial charge in [-0.25, -0.2) is 0 Å². The number of aryl methyl sites for hydroxylation is 1. The summed E-state index contributed by atoms with van der Waals surface area (Å²) >= 11 is 0. The third kappa shape index (κ3) is 3.35. The van der Waals surface area contributed by atoms with Gasteiger partial charge in [-0.1, -0.05) is 45.0 Å². The fourth-order valence-electron chi connectivity index (χ4n) is 2.00. The maximum atomic E-state index is 3.52. The molecule has 1 aliphatic rings. The summed E-state index contributed by atoms with van der Waals surface area (Å²) in [5.41, 5.74) is 2.92. The molecule has 1 heterocycles. The van der Waals surface area contributed by atoms with Crippen molar-refractivity contribution >= 4 is 0 Å². The van der Waals surface area contributed by atoms with Gasteiger partial charge >= 0.3 is 0 Å². The van der Waals surface area contributed by atoms with Crippen LogP contribution in [0.3, 0.4) is 0 Å². The van der Waals surface area contributed by atoms with Crippen LogP contribution in [0.25, 0.3) is 0 Å². The zero-order valence-electron chi connectivity index (χ0n) is 10.2. The molecule has 0 radical (unpaired) electrons. The summed E-state index contributed by atoms with van der Waals surface area (Å²) in [4.78, 5) is 0. The molecule has 0 aliphatic carbocycles. The van der Waals surface area contributed by atoms with Crippen LogP contribution in [-0.2, 0) is 6.42 Å². The Balaban J connectivity index is 0.000000531. The maximum absolute atomic E-state index is 3.52. The monoisotopic (exact) mass is 205 g/mol. The van der Waals surface area contributed by atoms with E-state index in [1.54, 1.807) is 0 Å². The average Bonchev–Trinajstić information content (AvgIpc) is 2.85. The van der Waals surface area contributed by atoms with Gasteiger partial charge in [-0.3, -0.25) is 0 Å². The van der Waals surface area contributed by atoms with Crippen LogP contribution < -0.4 is 5.32 Å². The molecule has 1 nitrogen and oxygen atoms in total. The van der Waals surface area contributed by atoms with Gasteiger partial charge in [0.25, 0.3) is 0 Å². The molecule has 1 N–H and O–H groups in total. The zero-order chi connectivity index (χ0) is 11.1. The van der Waals surface area contributed by atoms with E-state index in [2.05, 4.69) is 36.5 Å². The standard InChI is InChI=1S/C12H17N.C2H6/c1-2-10-5-3-6-11(9-10)12-7-4-8-13-12;1-2/h3,5-6,9,12-13H,2,4,7-8H2,1H3;1-2H3. The Bertz CT molecular complexity index is 274. The van der Waals surface area contributed by atoms with Gasteiger partial charge in [-0.2, -0.15) is 0 Å². The van der Waals surface area contributed by atoms with Crippen molar-refractivity contribution in [2.75, 3.05) is 6.54 Å². The summed E-state index contributed by atoms with van der Waals surface area (Å²) in [6.45, 7) is 7.39. The smallest absolute Gasteiger partial charge is 0.0320 e. The molecular weight excluding hydrogens is 182 g/mol. The second kappa shape index (κ2) is 6.62. The number of hydrogen-bond donors (Lipinski definition) is 1. The summed E-state index contributed by atoms with van der Waals surface area (Å²) in [7, 11) is 0. The van der Waals surface area contributed by atoms with Gasteiger partial charge in [0, 0.05) is 6.04 Å². The minimum atomic E-state index is 0.617. The first-order chi connectivity index (χ1) is 7.40. The third-order valence-corrected chi connectivity index (χ3v) is 2.82. The van der Waals surface area contributed by atoms with Crippen LogP contribution in [-0.4, -0.2) is 6.54 Å². The number of nitrogens with one attached hydrogen (secondary N) is 1. The summed E-state index contributed by atoms with van der Waals surface area (Å²) in [5, 5.41) is 3.52. The molecule has 1 heteroatoms. The lowest BCUT2D eigenvalue weighted by molar-refractivity contribution is 0.647. The second-order valence-electron chi connectivity index (χ2n) is 3.75. The molecule has 0 saturated carbocycles. The lowest BCUT2D eigenvalue weighted by Gasteiger charge is -2.11. The summed E-state index contributed by atoms with van der Waals surface area (Å²) in [6, 6.07) is 9.57. The number of hydrogen-bond acceptors (Lipinski definition) is 1. The Labute approximate surface area is 93.9 Å². The summed E-state index contributed by atoms with van der Waals surface area (Å²) in [6.07, 6.45) is 3.76. The van der Waals surface area contributed by atoms with Crippen molar-refractivity contribution < 1.29 is 0 Å². The predicted molar refractivity (Wildman–Crippen MR) is 67.1 cm³/mol. The molecule has 15 heavy (non-hydrogen) atoms. The van der Waals surface area contributed by atoms with Crippen LogP contribution in [0.4, 0.5) is 0 Å². The molecule has 0 bridgehead atoms. The van der Waals surface area contributed by atoms with Crippen molar-refractivity contribution in [1.29, 1.82) is 0 Å². The van der Waals surface area contributed by atoms with Gasteiger partial charge in [0.1, 0.15) is 0 Å². The zero-order valence-corrected chi connectivity index (χ0v) is 10.2. The molecular formula is C14H23N. The van der Waals surface area contributed by atoms with Gasteiger partial charge in [0.05, 0.1) is 0 Å². The molecule has 1 saturated heterocycles. The number of benzene rings is 1. The van der Waals surface area contributed by atoms with E-state index in [-0.39, 0.29) is 0 Å². The molecule has 84 valence electrons. The maximum Gasteiger partial charge on any atom is 0.0320 e. The first-order valence-electron chi connectivity index (χ1n) is 6.22. The van der Waals surface area contributed by atoms with Gasteiger partial charge in [0.2, 0.25) is 0 Å². The fraction of sp³-hybridized carbons (Fsp3) is 0.571. The van der Waals surface area contributed by atoms with Gasteiger partial charge in [-0.05, 0) is 36.9 Å². The highest BCUT2D eigenvalue weighted by Crippen LogP contribution is 2.23. The molecule has 2 rings (SSSR count). The van der Waals surface area contributed by atoms with Crippen molar-refractivity contribution in [2.24, 2.45) is 0 Å². The van der Waals surface area contributed by atoms with E-state index in [4.69, 9.17) is 0 Å². The van der Waals surface area contributed by atoms with Crippen LogP contribution in [0, 0.1) is 0 Å². The minimum Gasteiger partial charge on any atom is -0.310 e. The largest absolute Gasteiger partial charge is 0.310 e.